The number of aryl methyl sites for hydroxylation is 2. The van der Waals surface area contributed by atoms with Gasteiger partial charge in [-0.25, -0.2) is 8.42 Å². The van der Waals surface area contributed by atoms with Crippen LogP contribution in [0, 0.1) is 13.8 Å². The molecule has 10 heteroatoms. The molecule has 4 aromatic carbocycles. The van der Waals surface area contributed by atoms with Crippen molar-refractivity contribution in [1.29, 1.82) is 0 Å². The molecule has 0 aliphatic heterocycles. The van der Waals surface area contributed by atoms with Crippen molar-refractivity contribution in [1.82, 2.24) is 10.2 Å². The summed E-state index contributed by atoms with van der Waals surface area (Å²) in [6.45, 7) is 8.79. The Morgan fingerprint density at radius 1 is 0.870 bits per heavy atom. The Morgan fingerprint density at radius 3 is 2.13 bits per heavy atom. The second-order valence-corrected chi connectivity index (χ2v) is 15.6. The van der Waals surface area contributed by atoms with E-state index in [2.05, 4.69) is 21.2 Å². The third kappa shape index (κ3) is 9.21. The maximum absolute atomic E-state index is 14.6. The molecule has 0 spiro atoms. The zero-order valence-corrected chi connectivity index (χ0v) is 29.8. The molecule has 0 saturated heterocycles. The molecule has 242 valence electrons. The van der Waals surface area contributed by atoms with Crippen molar-refractivity contribution >= 4 is 55.1 Å². The Balaban J connectivity index is 1.84. The number of carbonyl (C=O) groups excluding carboxylic acids is 2. The molecule has 0 heterocycles. The quantitative estimate of drug-likeness (QED) is 0.174. The van der Waals surface area contributed by atoms with E-state index in [4.69, 9.17) is 11.6 Å². The van der Waals surface area contributed by atoms with Gasteiger partial charge in [0, 0.05) is 28.0 Å². The van der Waals surface area contributed by atoms with E-state index in [-0.39, 0.29) is 23.8 Å². The van der Waals surface area contributed by atoms with Crippen LogP contribution in [0.25, 0.3) is 0 Å². The number of nitrogens with one attached hydrogen (secondary N) is 1. The molecule has 0 saturated carbocycles. The Labute approximate surface area is 285 Å². The highest BCUT2D eigenvalue weighted by Crippen LogP contribution is 2.30. The summed E-state index contributed by atoms with van der Waals surface area (Å²) >= 11 is 9.75. The van der Waals surface area contributed by atoms with Crippen molar-refractivity contribution in [3.8, 4) is 0 Å². The number of carbonyl (C=O) groups is 2. The van der Waals surface area contributed by atoms with Gasteiger partial charge in [-0.2, -0.15) is 0 Å². The maximum atomic E-state index is 14.6. The molecule has 1 atom stereocenters. The molecule has 4 rings (SSSR count). The number of benzene rings is 4. The van der Waals surface area contributed by atoms with Crippen LogP contribution in [0.5, 0.6) is 0 Å². The summed E-state index contributed by atoms with van der Waals surface area (Å²) in [5.41, 5.74) is 2.87. The highest BCUT2D eigenvalue weighted by atomic mass is 79.9. The fourth-order valence-electron chi connectivity index (χ4n) is 5.09. The molecule has 0 radical (unpaired) electrons. The summed E-state index contributed by atoms with van der Waals surface area (Å²) in [5.74, 6) is -0.870. The van der Waals surface area contributed by atoms with E-state index in [0.29, 0.717) is 16.3 Å². The smallest absolute Gasteiger partial charge is 0.264 e. The number of sulfonamides is 1. The van der Waals surface area contributed by atoms with Crippen LogP contribution in [0.4, 0.5) is 5.69 Å². The summed E-state index contributed by atoms with van der Waals surface area (Å²) in [6.07, 6.45) is 0.229. The molecule has 0 unspecified atom stereocenters. The van der Waals surface area contributed by atoms with Crippen molar-refractivity contribution in [2.45, 2.75) is 64.1 Å². The molecule has 0 aliphatic carbocycles. The standard InChI is InChI=1S/C36H39BrClN3O4S/c1-25-14-17-31(18-15-25)46(44,45)41(32-19-16-30(38)20-26(32)2)24-34(42)40(23-28-12-9-13-29(37)21-28)33(35(43)39-36(3,4)5)22-27-10-7-6-8-11-27/h6-21,33H,22-24H2,1-5H3,(H,39,43)/t33-/m1/s1. The summed E-state index contributed by atoms with van der Waals surface area (Å²) in [5, 5.41) is 3.49. The first-order valence-corrected chi connectivity index (χ1v) is 17.5. The van der Waals surface area contributed by atoms with Crippen LogP contribution in [-0.4, -0.2) is 43.3 Å². The van der Waals surface area contributed by atoms with Crippen molar-refractivity contribution in [3.63, 3.8) is 0 Å². The van der Waals surface area contributed by atoms with Gasteiger partial charge in [-0.05, 0) is 93.8 Å². The number of hydrogen-bond donors (Lipinski definition) is 1. The SMILES string of the molecule is Cc1ccc(S(=O)(=O)N(CC(=O)N(Cc2cccc(Br)c2)[C@H](Cc2ccccc2)C(=O)NC(C)(C)C)c2ccc(Cl)cc2C)cc1. The lowest BCUT2D eigenvalue weighted by Crippen LogP contribution is -2.56. The topological polar surface area (TPSA) is 86.8 Å². The van der Waals surface area contributed by atoms with Gasteiger partial charge < -0.3 is 10.2 Å². The van der Waals surface area contributed by atoms with Crippen molar-refractivity contribution < 1.29 is 18.0 Å². The van der Waals surface area contributed by atoms with Gasteiger partial charge in [0.15, 0.2) is 0 Å². The molecular formula is C36H39BrClN3O4S. The van der Waals surface area contributed by atoms with Gasteiger partial charge in [-0.15, -0.1) is 0 Å². The lowest BCUT2D eigenvalue weighted by molar-refractivity contribution is -0.140. The average Bonchev–Trinajstić information content (AvgIpc) is 2.98. The normalized spacial score (nSPS) is 12.3. The van der Waals surface area contributed by atoms with Crippen LogP contribution in [0.15, 0.2) is 106 Å². The summed E-state index contributed by atoms with van der Waals surface area (Å²) in [7, 11) is -4.21. The number of hydrogen-bond acceptors (Lipinski definition) is 4. The number of nitrogens with zero attached hydrogens (tertiary/aromatic N) is 2. The monoisotopic (exact) mass is 723 g/mol. The summed E-state index contributed by atoms with van der Waals surface area (Å²) in [4.78, 5) is 30.2. The van der Waals surface area contributed by atoms with Crippen LogP contribution in [0.1, 0.15) is 43.0 Å². The summed E-state index contributed by atoms with van der Waals surface area (Å²) < 4.78 is 30.5. The average molecular weight is 725 g/mol. The molecule has 0 aromatic heterocycles. The van der Waals surface area contributed by atoms with Crippen LogP contribution >= 0.6 is 27.5 Å². The molecule has 4 aromatic rings. The van der Waals surface area contributed by atoms with Crippen LogP contribution in [0.3, 0.4) is 0 Å². The van der Waals surface area contributed by atoms with E-state index in [0.717, 1.165) is 25.5 Å². The second kappa shape index (κ2) is 14.8. The Morgan fingerprint density at radius 2 is 1.52 bits per heavy atom. The molecule has 0 bridgehead atoms. The zero-order valence-electron chi connectivity index (χ0n) is 26.6. The van der Waals surface area contributed by atoms with E-state index < -0.39 is 34.1 Å². The van der Waals surface area contributed by atoms with Gasteiger partial charge in [0.25, 0.3) is 10.0 Å². The van der Waals surface area contributed by atoms with E-state index in [9.17, 15) is 18.0 Å². The zero-order chi connectivity index (χ0) is 33.6. The van der Waals surface area contributed by atoms with Crippen molar-refractivity contribution in [2.24, 2.45) is 0 Å². The Kier molecular flexibility index (Phi) is 11.4. The lowest BCUT2D eigenvalue weighted by atomic mass is 10.0. The van der Waals surface area contributed by atoms with Crippen molar-refractivity contribution in [2.75, 3.05) is 10.8 Å². The van der Waals surface area contributed by atoms with Gasteiger partial charge in [0.2, 0.25) is 11.8 Å². The number of amides is 2. The van der Waals surface area contributed by atoms with Crippen LogP contribution in [-0.2, 0) is 32.6 Å². The van der Waals surface area contributed by atoms with Gasteiger partial charge in [0.1, 0.15) is 12.6 Å². The fraction of sp³-hybridized carbons (Fsp3) is 0.278. The molecule has 0 aliphatic rings. The highest BCUT2D eigenvalue weighted by molar-refractivity contribution is 9.10. The molecule has 46 heavy (non-hydrogen) atoms. The number of rotatable bonds is 11. The Hall–Kier alpha value is -3.66. The number of anilines is 1. The maximum Gasteiger partial charge on any atom is 0.264 e. The highest BCUT2D eigenvalue weighted by Gasteiger charge is 2.36. The molecule has 7 nitrogen and oxygen atoms in total. The summed E-state index contributed by atoms with van der Waals surface area (Å²) in [6, 6.07) is 27.4. The largest absolute Gasteiger partial charge is 0.350 e. The van der Waals surface area contributed by atoms with Crippen LogP contribution in [0.2, 0.25) is 5.02 Å². The first-order chi connectivity index (χ1) is 21.6. The van der Waals surface area contributed by atoms with E-state index in [1.54, 1.807) is 37.3 Å². The molecule has 2 amide bonds. The Bertz CT molecular complexity index is 1790. The third-order valence-electron chi connectivity index (χ3n) is 7.33. The van der Waals surface area contributed by atoms with Gasteiger partial charge in [-0.1, -0.05) is 87.7 Å². The van der Waals surface area contributed by atoms with E-state index in [1.165, 1.54) is 17.0 Å². The van der Waals surface area contributed by atoms with E-state index >= 15 is 0 Å². The minimum absolute atomic E-state index is 0.0464. The van der Waals surface area contributed by atoms with E-state index in [1.807, 2.05) is 82.3 Å². The lowest BCUT2D eigenvalue weighted by Gasteiger charge is -2.35. The van der Waals surface area contributed by atoms with Gasteiger partial charge in [0.05, 0.1) is 10.6 Å². The first kappa shape index (κ1) is 35.2. The van der Waals surface area contributed by atoms with Gasteiger partial charge >= 0.3 is 0 Å². The van der Waals surface area contributed by atoms with Gasteiger partial charge in [-0.3, -0.25) is 13.9 Å². The predicted octanol–water partition coefficient (Wildman–Crippen LogP) is 7.47. The predicted molar refractivity (Wildman–Crippen MR) is 188 cm³/mol. The first-order valence-electron chi connectivity index (χ1n) is 14.9. The molecular weight excluding hydrogens is 686 g/mol. The second-order valence-electron chi connectivity index (χ2n) is 12.4. The fourth-order valence-corrected chi connectivity index (χ4v) is 7.24. The molecule has 1 N–H and O–H groups in total. The molecule has 0 fully saturated rings. The van der Waals surface area contributed by atoms with Crippen molar-refractivity contribution in [3.05, 3.63) is 129 Å². The minimum Gasteiger partial charge on any atom is -0.350 e. The number of halogens is 2. The van der Waals surface area contributed by atoms with Crippen LogP contribution < -0.4 is 9.62 Å². The minimum atomic E-state index is -4.21. The third-order valence-corrected chi connectivity index (χ3v) is 9.83.